The van der Waals surface area contributed by atoms with Crippen LogP contribution in [0.4, 0.5) is 0 Å². The van der Waals surface area contributed by atoms with Crippen molar-refractivity contribution < 1.29 is 14.3 Å². The largest absolute Gasteiger partial charge is 0.497 e. The summed E-state index contributed by atoms with van der Waals surface area (Å²) >= 11 is 1.58. The average molecular weight is 345 g/mol. The van der Waals surface area contributed by atoms with Gasteiger partial charge in [0.25, 0.3) is 5.91 Å². The number of nitrogens with zero attached hydrogens (tertiary/aromatic N) is 2. The Balaban J connectivity index is 1.93. The molecule has 1 aromatic heterocycles. The van der Waals surface area contributed by atoms with E-state index in [1.165, 1.54) is 19.2 Å². The van der Waals surface area contributed by atoms with Gasteiger partial charge < -0.3 is 15.4 Å². The molecular formula is C17H19N3O3S. The number of benzene rings is 1. The van der Waals surface area contributed by atoms with Crippen LogP contribution in [0.1, 0.15) is 50.3 Å². The van der Waals surface area contributed by atoms with Gasteiger partial charge in [0.2, 0.25) is 5.91 Å². The van der Waals surface area contributed by atoms with Gasteiger partial charge in [-0.2, -0.15) is 0 Å². The van der Waals surface area contributed by atoms with Crippen molar-refractivity contribution in [3.05, 3.63) is 45.4 Å². The minimum absolute atomic E-state index is 0.0144. The Morgan fingerprint density at radius 2 is 2.08 bits per heavy atom. The Morgan fingerprint density at radius 3 is 2.71 bits per heavy atom. The number of aromatic nitrogens is 1. The van der Waals surface area contributed by atoms with Gasteiger partial charge in [-0.1, -0.05) is 0 Å². The number of ether oxygens (including phenoxy) is 1. The van der Waals surface area contributed by atoms with Crippen LogP contribution in [0.2, 0.25) is 0 Å². The highest BCUT2D eigenvalue weighted by molar-refractivity contribution is 7.09. The number of likely N-dealkylation sites (tertiary alicyclic amines) is 1. The first kappa shape index (κ1) is 16.4. The molecule has 1 aromatic carbocycles. The number of primary amides is 1. The number of rotatable bonds is 4. The van der Waals surface area contributed by atoms with E-state index in [1.54, 1.807) is 17.4 Å². The zero-order chi connectivity index (χ0) is 17.3. The second-order valence-electron chi connectivity index (χ2n) is 5.80. The molecule has 126 valence electrons. The molecule has 0 unspecified atom stereocenters. The number of methoxy groups -OCH3 is 1. The summed E-state index contributed by atoms with van der Waals surface area (Å²) in [5.74, 6) is -0.279. The zero-order valence-corrected chi connectivity index (χ0v) is 14.4. The third-order valence-electron chi connectivity index (χ3n) is 4.11. The Kier molecular flexibility index (Phi) is 4.53. The second kappa shape index (κ2) is 6.60. The molecule has 2 N–H and O–H groups in total. The molecule has 0 saturated carbocycles. The molecule has 2 aromatic rings. The number of hydrogen-bond acceptors (Lipinski definition) is 5. The van der Waals surface area contributed by atoms with Crippen LogP contribution in [0.3, 0.4) is 0 Å². The summed E-state index contributed by atoms with van der Waals surface area (Å²) in [6.45, 7) is 2.62. The van der Waals surface area contributed by atoms with E-state index in [2.05, 4.69) is 4.98 Å². The first-order chi connectivity index (χ1) is 11.5. The minimum Gasteiger partial charge on any atom is -0.497 e. The first-order valence-electron chi connectivity index (χ1n) is 7.71. The maximum Gasteiger partial charge on any atom is 0.254 e. The predicted octanol–water partition coefficient (Wildman–Crippen LogP) is 2.54. The lowest BCUT2D eigenvalue weighted by Crippen LogP contribution is -2.30. The Hall–Kier alpha value is -2.41. The summed E-state index contributed by atoms with van der Waals surface area (Å²) in [4.78, 5) is 30.8. The molecule has 1 fully saturated rings. The summed E-state index contributed by atoms with van der Waals surface area (Å²) in [6, 6.07) is 4.68. The van der Waals surface area contributed by atoms with Crippen LogP contribution in [0.15, 0.2) is 23.6 Å². The zero-order valence-electron chi connectivity index (χ0n) is 13.6. The molecule has 1 saturated heterocycles. The lowest BCUT2D eigenvalue weighted by Gasteiger charge is -2.23. The van der Waals surface area contributed by atoms with Crippen LogP contribution < -0.4 is 10.5 Å². The molecule has 1 atom stereocenters. The lowest BCUT2D eigenvalue weighted by molar-refractivity contribution is 0.0735. The van der Waals surface area contributed by atoms with E-state index in [9.17, 15) is 9.59 Å². The van der Waals surface area contributed by atoms with Gasteiger partial charge in [0.15, 0.2) is 0 Å². The van der Waals surface area contributed by atoms with Crippen LogP contribution in [0.25, 0.3) is 0 Å². The molecule has 2 amide bonds. The fourth-order valence-corrected chi connectivity index (χ4v) is 3.88. The SMILES string of the molecule is COc1cc(C(N)=O)cc(C(=O)N2CCC[C@@H]2c2nc(C)cs2)c1. The van der Waals surface area contributed by atoms with E-state index in [1.807, 2.05) is 17.2 Å². The Labute approximate surface area is 144 Å². The van der Waals surface area contributed by atoms with E-state index in [4.69, 9.17) is 10.5 Å². The highest BCUT2D eigenvalue weighted by Crippen LogP contribution is 2.35. The van der Waals surface area contributed by atoms with Gasteiger partial charge in [-0.25, -0.2) is 4.98 Å². The van der Waals surface area contributed by atoms with Crippen molar-refractivity contribution in [2.24, 2.45) is 5.73 Å². The van der Waals surface area contributed by atoms with Gasteiger partial charge in [0.1, 0.15) is 10.8 Å². The van der Waals surface area contributed by atoms with Gasteiger partial charge in [0, 0.05) is 28.7 Å². The molecule has 0 aliphatic carbocycles. The van der Waals surface area contributed by atoms with Crippen LogP contribution in [0, 0.1) is 6.92 Å². The summed E-state index contributed by atoms with van der Waals surface area (Å²) in [7, 11) is 1.49. The van der Waals surface area contributed by atoms with Crippen molar-refractivity contribution in [3.63, 3.8) is 0 Å². The van der Waals surface area contributed by atoms with E-state index in [0.29, 0.717) is 17.9 Å². The van der Waals surface area contributed by atoms with Crippen molar-refractivity contribution in [3.8, 4) is 5.75 Å². The van der Waals surface area contributed by atoms with Gasteiger partial charge in [0.05, 0.1) is 13.2 Å². The van der Waals surface area contributed by atoms with Gasteiger partial charge >= 0.3 is 0 Å². The smallest absolute Gasteiger partial charge is 0.254 e. The normalized spacial score (nSPS) is 17.1. The van der Waals surface area contributed by atoms with E-state index in [0.717, 1.165) is 23.5 Å². The molecule has 0 radical (unpaired) electrons. The average Bonchev–Trinajstić information content (AvgIpc) is 3.22. The van der Waals surface area contributed by atoms with Crippen LogP contribution in [0.5, 0.6) is 5.75 Å². The van der Waals surface area contributed by atoms with Crippen LogP contribution >= 0.6 is 11.3 Å². The highest BCUT2D eigenvalue weighted by atomic mass is 32.1. The molecule has 7 heteroatoms. The molecular weight excluding hydrogens is 326 g/mol. The number of thiazole rings is 1. The topological polar surface area (TPSA) is 85.5 Å². The van der Waals surface area contributed by atoms with Crippen molar-refractivity contribution in [2.45, 2.75) is 25.8 Å². The fourth-order valence-electron chi connectivity index (χ4n) is 2.94. The quantitative estimate of drug-likeness (QED) is 0.923. The summed E-state index contributed by atoms with van der Waals surface area (Å²) in [5, 5.41) is 2.95. The Bertz CT molecular complexity index is 787. The molecule has 2 heterocycles. The molecule has 6 nitrogen and oxygen atoms in total. The van der Waals surface area contributed by atoms with E-state index >= 15 is 0 Å². The van der Waals surface area contributed by atoms with Gasteiger partial charge in [-0.15, -0.1) is 11.3 Å². The van der Waals surface area contributed by atoms with Crippen molar-refractivity contribution in [2.75, 3.05) is 13.7 Å². The van der Waals surface area contributed by atoms with Crippen molar-refractivity contribution in [1.82, 2.24) is 9.88 Å². The monoisotopic (exact) mass is 345 g/mol. The van der Waals surface area contributed by atoms with Crippen molar-refractivity contribution in [1.29, 1.82) is 0 Å². The molecule has 3 rings (SSSR count). The number of carbonyl (C=O) groups excluding carboxylic acids is 2. The first-order valence-corrected chi connectivity index (χ1v) is 8.59. The number of carbonyl (C=O) groups is 2. The molecule has 24 heavy (non-hydrogen) atoms. The van der Waals surface area contributed by atoms with Gasteiger partial charge in [-0.05, 0) is 38.0 Å². The lowest BCUT2D eigenvalue weighted by atomic mass is 10.1. The number of hydrogen-bond donors (Lipinski definition) is 1. The third kappa shape index (κ3) is 3.12. The van der Waals surface area contributed by atoms with E-state index in [-0.39, 0.29) is 17.5 Å². The second-order valence-corrected chi connectivity index (χ2v) is 6.69. The van der Waals surface area contributed by atoms with Crippen LogP contribution in [-0.2, 0) is 0 Å². The number of nitrogens with two attached hydrogens (primary N) is 1. The third-order valence-corrected chi connectivity index (χ3v) is 5.17. The molecule has 0 spiro atoms. The molecule has 0 bridgehead atoms. The highest BCUT2D eigenvalue weighted by Gasteiger charge is 2.32. The fraction of sp³-hybridized carbons (Fsp3) is 0.353. The van der Waals surface area contributed by atoms with Crippen molar-refractivity contribution >= 4 is 23.2 Å². The maximum atomic E-state index is 13.0. The summed E-state index contributed by atoms with van der Waals surface area (Å²) < 4.78 is 5.18. The predicted molar refractivity (Wildman–Crippen MR) is 91.4 cm³/mol. The Morgan fingerprint density at radius 1 is 1.33 bits per heavy atom. The maximum absolute atomic E-state index is 13.0. The molecule has 1 aliphatic rings. The standard InChI is InChI=1S/C17H19N3O3S/c1-10-9-24-16(19-10)14-4-3-5-20(14)17(22)12-6-11(15(18)21)7-13(8-12)23-2/h6-9,14H,3-5H2,1-2H3,(H2,18,21)/t14-/m1/s1. The van der Waals surface area contributed by atoms with Crippen LogP contribution in [-0.4, -0.2) is 35.4 Å². The number of amides is 2. The number of aryl methyl sites for hydroxylation is 1. The minimum atomic E-state index is -0.587. The summed E-state index contributed by atoms with van der Waals surface area (Å²) in [5.41, 5.74) is 6.99. The molecule has 1 aliphatic heterocycles. The van der Waals surface area contributed by atoms with E-state index < -0.39 is 5.91 Å². The van der Waals surface area contributed by atoms with Gasteiger partial charge in [-0.3, -0.25) is 9.59 Å². The summed E-state index contributed by atoms with van der Waals surface area (Å²) in [6.07, 6.45) is 1.83.